The maximum absolute atomic E-state index is 11.7. The zero-order valence-corrected chi connectivity index (χ0v) is 11.4. The first-order chi connectivity index (χ1) is 10.2. The molecule has 0 spiro atoms. The van der Waals surface area contributed by atoms with E-state index in [9.17, 15) is 9.59 Å². The van der Waals surface area contributed by atoms with E-state index in [0.717, 1.165) is 16.7 Å². The number of amides is 1. The molecule has 104 valence electrons. The van der Waals surface area contributed by atoms with Crippen LogP contribution in [0.1, 0.15) is 11.1 Å². The number of hydrogen-bond donors (Lipinski definition) is 0. The molecule has 21 heavy (non-hydrogen) atoms. The minimum absolute atomic E-state index is 0.266. The van der Waals surface area contributed by atoms with E-state index in [-0.39, 0.29) is 5.88 Å². The van der Waals surface area contributed by atoms with Crippen LogP contribution < -0.4 is 0 Å². The van der Waals surface area contributed by atoms with Gasteiger partial charge in [0.05, 0.1) is 5.57 Å². The molecule has 1 fully saturated rings. The number of likely N-dealkylation sites (N-methyl/N-ethyl adjacent to an activating group) is 1. The quantitative estimate of drug-likeness (QED) is 0.626. The Bertz CT molecular complexity index is 679. The smallest absolute Gasteiger partial charge is 0.401 e. The molecule has 2 aromatic carbocycles. The molecule has 0 radical (unpaired) electrons. The Morgan fingerprint density at radius 3 is 1.71 bits per heavy atom. The van der Waals surface area contributed by atoms with Crippen LogP contribution in [-0.4, -0.2) is 23.8 Å². The second kappa shape index (κ2) is 5.25. The largest absolute Gasteiger partial charge is 0.404 e. The van der Waals surface area contributed by atoms with E-state index in [1.807, 2.05) is 60.7 Å². The van der Waals surface area contributed by atoms with Gasteiger partial charge in [0, 0.05) is 7.05 Å². The topological polar surface area (TPSA) is 46.6 Å². The first-order valence-electron chi connectivity index (χ1n) is 6.53. The minimum atomic E-state index is -0.850. The summed E-state index contributed by atoms with van der Waals surface area (Å²) in [6, 6.07) is 19.1. The van der Waals surface area contributed by atoms with E-state index in [2.05, 4.69) is 0 Å². The van der Waals surface area contributed by atoms with Crippen molar-refractivity contribution < 1.29 is 14.3 Å². The highest BCUT2D eigenvalue weighted by Gasteiger charge is 2.36. The molecule has 0 saturated carbocycles. The number of cyclic esters (lactones) is 1. The summed E-state index contributed by atoms with van der Waals surface area (Å²) >= 11 is 0. The summed E-state index contributed by atoms with van der Waals surface area (Å²) in [4.78, 5) is 24.5. The van der Waals surface area contributed by atoms with Crippen molar-refractivity contribution in [2.75, 3.05) is 7.05 Å². The lowest BCUT2D eigenvalue weighted by atomic mass is 9.98. The van der Waals surface area contributed by atoms with E-state index >= 15 is 0 Å². The van der Waals surface area contributed by atoms with Crippen LogP contribution in [0.4, 0.5) is 0 Å². The van der Waals surface area contributed by atoms with Crippen LogP contribution in [0.3, 0.4) is 0 Å². The van der Waals surface area contributed by atoms with Gasteiger partial charge >= 0.3 is 11.9 Å². The van der Waals surface area contributed by atoms with E-state index in [0.29, 0.717) is 0 Å². The van der Waals surface area contributed by atoms with Crippen LogP contribution in [0.25, 0.3) is 5.57 Å². The van der Waals surface area contributed by atoms with Gasteiger partial charge in [0.2, 0.25) is 5.88 Å². The van der Waals surface area contributed by atoms with Crippen LogP contribution >= 0.6 is 0 Å². The maximum Gasteiger partial charge on any atom is 0.404 e. The lowest BCUT2D eigenvalue weighted by Crippen LogP contribution is -2.22. The van der Waals surface area contributed by atoms with E-state index in [1.165, 1.54) is 11.9 Å². The first-order valence-corrected chi connectivity index (χ1v) is 6.53. The molecule has 0 bridgehead atoms. The fourth-order valence-corrected chi connectivity index (χ4v) is 2.27. The van der Waals surface area contributed by atoms with E-state index < -0.39 is 11.9 Å². The molecule has 1 amide bonds. The highest BCUT2D eigenvalue weighted by atomic mass is 16.6. The van der Waals surface area contributed by atoms with Gasteiger partial charge in [-0.1, -0.05) is 60.7 Å². The molecule has 0 aromatic heterocycles. The van der Waals surface area contributed by atoms with Gasteiger partial charge < -0.3 is 4.74 Å². The molecule has 0 aliphatic carbocycles. The second-order valence-corrected chi connectivity index (χ2v) is 4.67. The van der Waals surface area contributed by atoms with Crippen molar-refractivity contribution in [3.05, 3.63) is 77.7 Å². The van der Waals surface area contributed by atoms with Gasteiger partial charge in [-0.2, -0.15) is 0 Å². The molecule has 4 nitrogen and oxygen atoms in total. The molecular formula is C17H13NO3. The summed E-state index contributed by atoms with van der Waals surface area (Å²) in [6.07, 6.45) is 0. The highest BCUT2D eigenvalue weighted by Crippen LogP contribution is 2.31. The Morgan fingerprint density at radius 1 is 0.857 bits per heavy atom. The Balaban J connectivity index is 2.23. The Morgan fingerprint density at radius 2 is 1.33 bits per heavy atom. The average Bonchev–Trinajstić information content (AvgIpc) is 2.78. The van der Waals surface area contributed by atoms with Crippen molar-refractivity contribution in [2.24, 2.45) is 0 Å². The summed E-state index contributed by atoms with van der Waals surface area (Å²) < 4.78 is 5.17. The van der Waals surface area contributed by atoms with Crippen molar-refractivity contribution in [3.8, 4) is 0 Å². The van der Waals surface area contributed by atoms with Crippen molar-refractivity contribution >= 4 is 17.4 Å². The molecule has 1 aliphatic rings. The van der Waals surface area contributed by atoms with Gasteiger partial charge in [-0.25, -0.2) is 4.79 Å². The predicted octanol–water partition coefficient (Wildman–Crippen LogP) is 2.42. The predicted molar refractivity (Wildman–Crippen MR) is 77.8 cm³/mol. The van der Waals surface area contributed by atoms with Crippen LogP contribution in [0.2, 0.25) is 0 Å². The standard InChI is InChI=1S/C17H13NO3/c1-18-15(19)17(20)21-16(18)14(12-8-4-2-5-9-12)13-10-6-3-7-11-13/h2-11H,1H3. The molecule has 0 N–H and O–H groups in total. The number of carbonyl (C=O) groups is 2. The molecule has 2 aromatic rings. The SMILES string of the molecule is CN1C(=O)C(=O)OC1=C(c1ccccc1)c1ccccc1. The van der Waals surface area contributed by atoms with Crippen molar-refractivity contribution in [1.82, 2.24) is 4.90 Å². The zero-order chi connectivity index (χ0) is 14.8. The molecule has 1 saturated heterocycles. The molecule has 1 heterocycles. The zero-order valence-electron chi connectivity index (χ0n) is 11.4. The molecule has 0 atom stereocenters. The molecular weight excluding hydrogens is 266 g/mol. The molecule has 1 aliphatic heterocycles. The summed E-state index contributed by atoms with van der Waals surface area (Å²) in [7, 11) is 1.54. The number of ether oxygens (including phenoxy) is 1. The number of esters is 1. The fourth-order valence-electron chi connectivity index (χ4n) is 2.27. The maximum atomic E-state index is 11.7. The van der Waals surface area contributed by atoms with Crippen LogP contribution in [0.15, 0.2) is 66.5 Å². The summed E-state index contributed by atoms with van der Waals surface area (Å²) in [5.41, 5.74) is 2.49. The first kappa shape index (κ1) is 13.1. The van der Waals surface area contributed by atoms with Crippen LogP contribution in [0.5, 0.6) is 0 Å². The summed E-state index contributed by atoms with van der Waals surface area (Å²) in [5, 5.41) is 0. The highest BCUT2D eigenvalue weighted by molar-refractivity contribution is 6.35. The Hall–Kier alpha value is -2.88. The van der Waals surface area contributed by atoms with Gasteiger partial charge in [-0.15, -0.1) is 0 Å². The number of hydrogen-bond acceptors (Lipinski definition) is 3. The van der Waals surface area contributed by atoms with Gasteiger partial charge in [0.15, 0.2) is 0 Å². The molecule has 3 rings (SSSR count). The Kier molecular flexibility index (Phi) is 3.28. The third-order valence-corrected chi connectivity index (χ3v) is 3.31. The molecule has 0 unspecified atom stereocenters. The van der Waals surface area contributed by atoms with Crippen molar-refractivity contribution in [3.63, 3.8) is 0 Å². The summed E-state index contributed by atoms with van der Waals surface area (Å²) in [5.74, 6) is -1.24. The van der Waals surface area contributed by atoms with E-state index in [1.54, 1.807) is 0 Å². The third kappa shape index (κ3) is 2.31. The molecule has 4 heteroatoms. The number of carbonyl (C=O) groups excluding carboxylic acids is 2. The van der Waals surface area contributed by atoms with Gasteiger partial charge in [0.1, 0.15) is 0 Å². The van der Waals surface area contributed by atoms with Crippen LogP contribution in [-0.2, 0) is 14.3 Å². The lowest BCUT2D eigenvalue weighted by molar-refractivity contribution is -0.147. The minimum Gasteiger partial charge on any atom is -0.401 e. The second-order valence-electron chi connectivity index (χ2n) is 4.67. The number of benzene rings is 2. The average molecular weight is 279 g/mol. The lowest BCUT2D eigenvalue weighted by Gasteiger charge is -2.15. The van der Waals surface area contributed by atoms with Crippen molar-refractivity contribution in [2.45, 2.75) is 0 Å². The van der Waals surface area contributed by atoms with E-state index in [4.69, 9.17) is 4.74 Å². The van der Waals surface area contributed by atoms with Crippen molar-refractivity contribution in [1.29, 1.82) is 0 Å². The van der Waals surface area contributed by atoms with Gasteiger partial charge in [0.25, 0.3) is 0 Å². The normalized spacial score (nSPS) is 14.3. The van der Waals surface area contributed by atoms with Gasteiger partial charge in [-0.3, -0.25) is 9.69 Å². The number of nitrogens with zero attached hydrogens (tertiary/aromatic N) is 1. The van der Waals surface area contributed by atoms with Crippen LogP contribution in [0, 0.1) is 0 Å². The third-order valence-electron chi connectivity index (χ3n) is 3.31. The number of rotatable bonds is 2. The Labute approximate surface area is 122 Å². The summed E-state index contributed by atoms with van der Waals surface area (Å²) in [6.45, 7) is 0. The fraction of sp³-hybridized carbons (Fsp3) is 0.0588. The monoisotopic (exact) mass is 279 g/mol. The van der Waals surface area contributed by atoms with Gasteiger partial charge in [-0.05, 0) is 11.1 Å².